The molecule has 0 spiro atoms. The van der Waals surface area contributed by atoms with Crippen molar-refractivity contribution in [3.8, 4) is 11.5 Å². The molecule has 2 aromatic carbocycles. The Kier molecular flexibility index (Phi) is 3.41. The molecule has 7 nitrogen and oxygen atoms in total. The average molecular weight is 437 g/mol. The van der Waals surface area contributed by atoms with Gasteiger partial charge in [-0.15, -0.1) is 0 Å². The molecule has 6 atom stereocenters. The lowest BCUT2D eigenvalue weighted by molar-refractivity contribution is -0.125. The number of benzene rings is 2. The summed E-state index contributed by atoms with van der Waals surface area (Å²) in [5.41, 5.74) is 2.34. The van der Waals surface area contributed by atoms with Crippen LogP contribution in [0.5, 0.6) is 11.5 Å². The van der Waals surface area contributed by atoms with Crippen molar-refractivity contribution in [2.24, 2.45) is 34.7 Å². The second-order valence-electron chi connectivity index (χ2n) is 8.74. The quantitative estimate of drug-likeness (QED) is 0.675. The molecule has 3 fully saturated rings. The number of carbonyl (C=O) groups is 2. The van der Waals surface area contributed by atoms with Crippen molar-refractivity contribution in [3.63, 3.8) is 0 Å². The van der Waals surface area contributed by atoms with Gasteiger partial charge in [-0.05, 0) is 42.2 Å². The number of ether oxygens (including phenoxy) is 2. The molecule has 3 aliphatic heterocycles. The minimum absolute atomic E-state index is 0.0102. The van der Waals surface area contributed by atoms with Gasteiger partial charge in [-0.3, -0.25) is 9.59 Å². The number of anilines is 1. The Morgan fingerprint density at radius 2 is 1.65 bits per heavy atom. The van der Waals surface area contributed by atoms with E-state index in [-0.39, 0.29) is 54.3 Å². The molecule has 2 saturated carbocycles. The van der Waals surface area contributed by atoms with Crippen LogP contribution in [0.2, 0.25) is 5.02 Å². The third-order valence-corrected chi connectivity index (χ3v) is 7.70. The Bertz CT molecular complexity index is 1180. The van der Waals surface area contributed by atoms with Gasteiger partial charge in [0.25, 0.3) is 0 Å². The number of rotatable bonds is 2. The molecular weight excluding hydrogens is 420 g/mol. The third kappa shape index (κ3) is 2.22. The molecule has 1 saturated heterocycles. The lowest BCUT2D eigenvalue weighted by Gasteiger charge is -2.29. The molecule has 0 aromatic heterocycles. The van der Waals surface area contributed by atoms with Crippen LogP contribution in [0, 0.1) is 29.6 Å². The molecule has 5 aliphatic rings. The fourth-order valence-corrected chi connectivity index (χ4v) is 6.39. The lowest BCUT2D eigenvalue weighted by Crippen LogP contribution is -2.41. The van der Waals surface area contributed by atoms with Crippen molar-refractivity contribution in [2.45, 2.75) is 12.5 Å². The first-order valence-electron chi connectivity index (χ1n) is 10.4. The standard InChI is InChI=1S/C23H17ClN2O5/c24-11-3-1-10(2-4-11)20-19-13-8-14(21(19)31-25-20)18-17(13)22(27)26(23(18)28)12-5-6-15-16(7-12)30-9-29-15/h1-7,13-14,17-19,21H,8-9H2/t13-,14+,17+,18-,19+,21+/m0/s1. The van der Waals surface area contributed by atoms with Gasteiger partial charge in [0.05, 0.1) is 23.2 Å². The number of amides is 2. The van der Waals surface area contributed by atoms with Crippen molar-refractivity contribution in [3.05, 3.63) is 53.1 Å². The van der Waals surface area contributed by atoms with E-state index in [9.17, 15) is 9.59 Å². The number of halogens is 1. The predicted molar refractivity (Wildman–Crippen MR) is 110 cm³/mol. The van der Waals surface area contributed by atoms with Gasteiger partial charge in [-0.1, -0.05) is 28.9 Å². The lowest BCUT2D eigenvalue weighted by atomic mass is 9.71. The van der Waals surface area contributed by atoms with E-state index < -0.39 is 0 Å². The Morgan fingerprint density at radius 1 is 0.903 bits per heavy atom. The summed E-state index contributed by atoms with van der Waals surface area (Å²) in [5, 5.41) is 5.02. The normalized spacial score (nSPS) is 34.1. The molecule has 8 heteroatoms. The highest BCUT2D eigenvalue weighted by Gasteiger charge is 2.70. The van der Waals surface area contributed by atoms with Gasteiger partial charge in [0.1, 0.15) is 6.10 Å². The Balaban J connectivity index is 1.23. The van der Waals surface area contributed by atoms with E-state index in [0.717, 1.165) is 17.7 Å². The number of hydrogen-bond acceptors (Lipinski definition) is 6. The maximum Gasteiger partial charge on any atom is 0.238 e. The van der Waals surface area contributed by atoms with E-state index in [4.69, 9.17) is 25.9 Å². The van der Waals surface area contributed by atoms with Crippen LogP contribution in [0.3, 0.4) is 0 Å². The summed E-state index contributed by atoms with van der Waals surface area (Å²) in [6.45, 7) is 0.142. The minimum atomic E-state index is -0.357. The first-order chi connectivity index (χ1) is 15.1. The van der Waals surface area contributed by atoms with E-state index >= 15 is 0 Å². The van der Waals surface area contributed by atoms with E-state index in [1.165, 1.54) is 4.90 Å². The van der Waals surface area contributed by atoms with Gasteiger partial charge >= 0.3 is 0 Å². The molecule has 2 aliphatic carbocycles. The first kappa shape index (κ1) is 17.6. The van der Waals surface area contributed by atoms with Crippen LogP contribution in [-0.2, 0) is 14.4 Å². The zero-order chi connectivity index (χ0) is 20.9. The van der Waals surface area contributed by atoms with Crippen LogP contribution in [0.4, 0.5) is 5.69 Å². The zero-order valence-corrected chi connectivity index (χ0v) is 17.0. The molecule has 3 heterocycles. The van der Waals surface area contributed by atoms with Crippen molar-refractivity contribution in [2.75, 3.05) is 11.7 Å². The van der Waals surface area contributed by atoms with Crippen molar-refractivity contribution >= 4 is 34.8 Å². The molecule has 156 valence electrons. The number of imide groups is 1. The summed E-state index contributed by atoms with van der Waals surface area (Å²) in [6.07, 6.45) is 0.648. The van der Waals surface area contributed by atoms with Crippen LogP contribution >= 0.6 is 11.6 Å². The van der Waals surface area contributed by atoms with E-state index in [1.54, 1.807) is 18.2 Å². The van der Waals surface area contributed by atoms with Gasteiger partial charge in [0.15, 0.2) is 11.5 Å². The number of carbonyl (C=O) groups excluding carboxylic acids is 2. The second-order valence-corrected chi connectivity index (χ2v) is 9.18. The summed E-state index contributed by atoms with van der Waals surface area (Å²) < 4.78 is 10.8. The average Bonchev–Trinajstić information content (AvgIpc) is 3.55. The highest BCUT2D eigenvalue weighted by molar-refractivity contribution is 6.30. The SMILES string of the molecule is O=C1[C@@H]2[C@@H]3C[C@@H]([C@H]4ON=C(c5ccc(Cl)cc5)[C@@H]34)[C@@H]2C(=O)N1c1ccc2c(c1)OCO2. The zero-order valence-electron chi connectivity index (χ0n) is 16.2. The molecule has 0 unspecified atom stereocenters. The highest BCUT2D eigenvalue weighted by atomic mass is 35.5. The molecule has 0 radical (unpaired) electrons. The van der Waals surface area contributed by atoms with E-state index in [0.29, 0.717) is 22.2 Å². The monoisotopic (exact) mass is 436 g/mol. The van der Waals surface area contributed by atoms with E-state index in [2.05, 4.69) is 5.16 Å². The topological polar surface area (TPSA) is 77.4 Å². The van der Waals surface area contributed by atoms with Gasteiger partial charge < -0.3 is 14.3 Å². The number of oxime groups is 1. The second kappa shape index (κ2) is 6.01. The molecule has 2 bridgehead atoms. The number of hydrogen-bond donors (Lipinski definition) is 0. The highest BCUT2D eigenvalue weighted by Crippen LogP contribution is 2.62. The molecule has 2 aromatic rings. The maximum atomic E-state index is 13.5. The van der Waals surface area contributed by atoms with Crippen LogP contribution in [0.25, 0.3) is 0 Å². The fourth-order valence-electron chi connectivity index (χ4n) is 6.26. The third-order valence-electron chi connectivity index (χ3n) is 7.44. The summed E-state index contributed by atoms with van der Waals surface area (Å²) in [5.74, 6) is 0.223. The minimum Gasteiger partial charge on any atom is -0.454 e. The Hall–Kier alpha value is -3.06. The van der Waals surface area contributed by atoms with Crippen molar-refractivity contribution in [1.29, 1.82) is 0 Å². The smallest absolute Gasteiger partial charge is 0.238 e. The summed E-state index contributed by atoms with van der Waals surface area (Å²) >= 11 is 6.03. The van der Waals surface area contributed by atoms with Crippen molar-refractivity contribution < 1.29 is 23.9 Å². The predicted octanol–water partition coefficient (Wildman–Crippen LogP) is 3.24. The van der Waals surface area contributed by atoms with Gasteiger partial charge in [-0.25, -0.2) is 4.90 Å². The molecule has 7 rings (SSSR count). The fraction of sp³-hybridized carbons (Fsp3) is 0.348. The van der Waals surface area contributed by atoms with Gasteiger partial charge in [-0.2, -0.15) is 0 Å². The molecular formula is C23H17ClN2O5. The van der Waals surface area contributed by atoms with E-state index in [1.807, 2.05) is 24.3 Å². The van der Waals surface area contributed by atoms with Gasteiger partial charge in [0, 0.05) is 22.9 Å². The number of fused-ring (bicyclic) bond motifs is 9. The van der Waals surface area contributed by atoms with Gasteiger partial charge in [0.2, 0.25) is 18.6 Å². The summed E-state index contributed by atoms with van der Waals surface area (Å²) in [6, 6.07) is 12.7. The van der Waals surface area contributed by atoms with Crippen LogP contribution in [-0.4, -0.2) is 30.4 Å². The molecule has 0 N–H and O–H groups in total. The molecule has 2 amide bonds. The van der Waals surface area contributed by atoms with Crippen LogP contribution < -0.4 is 14.4 Å². The Labute approximate surface area is 182 Å². The molecule has 31 heavy (non-hydrogen) atoms. The van der Waals surface area contributed by atoms with Crippen molar-refractivity contribution in [1.82, 2.24) is 0 Å². The van der Waals surface area contributed by atoms with Crippen LogP contribution in [0.1, 0.15) is 12.0 Å². The number of nitrogens with zero attached hydrogens (tertiary/aromatic N) is 2. The summed E-state index contributed by atoms with van der Waals surface area (Å²) in [7, 11) is 0. The Morgan fingerprint density at radius 3 is 2.45 bits per heavy atom. The maximum absolute atomic E-state index is 13.5. The largest absolute Gasteiger partial charge is 0.454 e. The van der Waals surface area contributed by atoms with Crippen LogP contribution in [0.15, 0.2) is 47.6 Å². The summed E-state index contributed by atoms with van der Waals surface area (Å²) in [4.78, 5) is 34.1. The first-order valence-corrected chi connectivity index (χ1v) is 10.8.